The Balaban J connectivity index is 1.88. The van der Waals surface area contributed by atoms with Crippen LogP contribution in [-0.2, 0) is 6.54 Å². The first-order valence-electron chi connectivity index (χ1n) is 7.35. The molecule has 0 aliphatic carbocycles. The molecule has 1 aliphatic heterocycles. The van der Waals surface area contributed by atoms with Crippen LogP contribution in [0.5, 0.6) is 0 Å². The van der Waals surface area contributed by atoms with Crippen LogP contribution < -0.4 is 0 Å². The number of aliphatic hydroxyl groups is 1. The van der Waals surface area contributed by atoms with Crippen molar-refractivity contribution in [1.29, 1.82) is 0 Å². The molecule has 0 saturated carbocycles. The Hall–Kier alpha value is -2.21. The van der Waals surface area contributed by atoms with Gasteiger partial charge in [-0.05, 0) is 31.0 Å². The molecule has 1 fully saturated rings. The number of aromatic nitrogens is 2. The SMILES string of the molecule is CCn1cc(C(=O)N2C[C@@H](O)C[C@H]2c2cccc(F)c2)cn1. The number of benzene rings is 1. The summed E-state index contributed by atoms with van der Waals surface area (Å²) in [6.07, 6.45) is 3.03. The monoisotopic (exact) mass is 303 g/mol. The molecule has 1 aliphatic rings. The van der Waals surface area contributed by atoms with Crippen molar-refractivity contribution in [3.05, 3.63) is 53.6 Å². The first-order valence-corrected chi connectivity index (χ1v) is 7.35. The fourth-order valence-corrected chi connectivity index (χ4v) is 2.88. The third kappa shape index (κ3) is 2.74. The van der Waals surface area contributed by atoms with Gasteiger partial charge < -0.3 is 10.0 Å². The molecule has 2 atom stereocenters. The van der Waals surface area contributed by atoms with Crippen LogP contribution in [0.1, 0.15) is 35.3 Å². The van der Waals surface area contributed by atoms with E-state index >= 15 is 0 Å². The van der Waals surface area contributed by atoms with Gasteiger partial charge in [0, 0.05) is 19.3 Å². The van der Waals surface area contributed by atoms with E-state index < -0.39 is 6.10 Å². The molecular formula is C16H18FN3O2. The zero-order valence-electron chi connectivity index (χ0n) is 12.3. The van der Waals surface area contributed by atoms with Crippen molar-refractivity contribution in [3.63, 3.8) is 0 Å². The minimum absolute atomic E-state index is 0.189. The second-order valence-corrected chi connectivity index (χ2v) is 5.50. The van der Waals surface area contributed by atoms with E-state index in [1.165, 1.54) is 18.3 Å². The average Bonchev–Trinajstić information content (AvgIpc) is 3.13. The molecule has 0 spiro atoms. The van der Waals surface area contributed by atoms with Crippen LogP contribution in [0.2, 0.25) is 0 Å². The number of rotatable bonds is 3. The number of nitrogens with zero attached hydrogens (tertiary/aromatic N) is 3. The molecule has 0 unspecified atom stereocenters. The molecule has 1 N–H and O–H groups in total. The summed E-state index contributed by atoms with van der Waals surface area (Å²) < 4.78 is 15.1. The molecule has 2 aromatic rings. The predicted molar refractivity (Wildman–Crippen MR) is 78.7 cm³/mol. The summed E-state index contributed by atoms with van der Waals surface area (Å²) in [5, 5.41) is 14.0. The molecule has 1 saturated heterocycles. The molecule has 0 bridgehead atoms. The van der Waals surface area contributed by atoms with Gasteiger partial charge in [-0.1, -0.05) is 12.1 Å². The van der Waals surface area contributed by atoms with Crippen LogP contribution in [-0.4, -0.2) is 38.3 Å². The Morgan fingerprint density at radius 2 is 2.32 bits per heavy atom. The number of aliphatic hydroxyl groups excluding tert-OH is 1. The van der Waals surface area contributed by atoms with Gasteiger partial charge in [-0.3, -0.25) is 9.48 Å². The first-order chi connectivity index (χ1) is 10.6. The van der Waals surface area contributed by atoms with Gasteiger partial charge >= 0.3 is 0 Å². The maximum absolute atomic E-state index is 13.4. The van der Waals surface area contributed by atoms with Crippen molar-refractivity contribution in [1.82, 2.24) is 14.7 Å². The number of carbonyl (C=O) groups excluding carboxylic acids is 1. The Morgan fingerprint density at radius 3 is 3.00 bits per heavy atom. The second-order valence-electron chi connectivity index (χ2n) is 5.50. The van der Waals surface area contributed by atoms with E-state index in [2.05, 4.69) is 5.10 Å². The number of likely N-dealkylation sites (tertiary alicyclic amines) is 1. The minimum Gasteiger partial charge on any atom is -0.391 e. The highest BCUT2D eigenvalue weighted by molar-refractivity contribution is 5.94. The minimum atomic E-state index is -0.599. The van der Waals surface area contributed by atoms with Gasteiger partial charge in [0.25, 0.3) is 5.91 Å². The van der Waals surface area contributed by atoms with E-state index in [0.29, 0.717) is 24.1 Å². The smallest absolute Gasteiger partial charge is 0.257 e. The third-order valence-electron chi connectivity index (χ3n) is 3.98. The lowest BCUT2D eigenvalue weighted by atomic mass is 10.0. The van der Waals surface area contributed by atoms with E-state index in [9.17, 15) is 14.3 Å². The van der Waals surface area contributed by atoms with Gasteiger partial charge in [-0.2, -0.15) is 5.10 Å². The van der Waals surface area contributed by atoms with E-state index in [4.69, 9.17) is 0 Å². The van der Waals surface area contributed by atoms with Crippen molar-refractivity contribution < 1.29 is 14.3 Å². The summed E-state index contributed by atoms with van der Waals surface area (Å²) in [6.45, 7) is 2.87. The predicted octanol–water partition coefficient (Wildman–Crippen LogP) is 1.99. The molecule has 2 heterocycles. The topological polar surface area (TPSA) is 58.4 Å². The summed E-state index contributed by atoms with van der Waals surface area (Å²) in [4.78, 5) is 14.3. The van der Waals surface area contributed by atoms with Crippen LogP contribution in [0.4, 0.5) is 4.39 Å². The van der Waals surface area contributed by atoms with Crippen LogP contribution in [0.3, 0.4) is 0 Å². The Labute approximate surface area is 128 Å². The molecule has 5 nitrogen and oxygen atoms in total. The molecule has 1 aromatic carbocycles. The number of aryl methyl sites for hydroxylation is 1. The van der Waals surface area contributed by atoms with Crippen LogP contribution in [0.25, 0.3) is 0 Å². The van der Waals surface area contributed by atoms with Crippen molar-refractivity contribution >= 4 is 5.91 Å². The van der Waals surface area contributed by atoms with Crippen LogP contribution in [0.15, 0.2) is 36.7 Å². The number of hydrogen-bond donors (Lipinski definition) is 1. The maximum Gasteiger partial charge on any atom is 0.257 e. The lowest BCUT2D eigenvalue weighted by Crippen LogP contribution is -2.31. The van der Waals surface area contributed by atoms with E-state index in [1.807, 2.05) is 6.92 Å². The highest BCUT2D eigenvalue weighted by Gasteiger charge is 2.36. The van der Waals surface area contributed by atoms with Gasteiger partial charge in [0.15, 0.2) is 0 Å². The lowest BCUT2D eigenvalue weighted by molar-refractivity contribution is 0.0715. The molecule has 3 rings (SSSR count). The normalized spacial score (nSPS) is 21.3. The largest absolute Gasteiger partial charge is 0.391 e. The fraction of sp³-hybridized carbons (Fsp3) is 0.375. The molecule has 6 heteroatoms. The summed E-state index contributed by atoms with van der Waals surface area (Å²) in [5.41, 5.74) is 1.19. The highest BCUT2D eigenvalue weighted by atomic mass is 19.1. The molecule has 0 radical (unpaired) electrons. The molecule has 22 heavy (non-hydrogen) atoms. The van der Waals surface area contributed by atoms with Crippen molar-refractivity contribution in [2.45, 2.75) is 32.0 Å². The van der Waals surface area contributed by atoms with Crippen LogP contribution >= 0.6 is 0 Å². The van der Waals surface area contributed by atoms with Gasteiger partial charge in [0.1, 0.15) is 5.82 Å². The molecule has 116 valence electrons. The summed E-state index contributed by atoms with van der Waals surface area (Å²) in [6, 6.07) is 5.86. The standard InChI is InChI=1S/C16H18FN3O2/c1-2-19-9-12(8-18-19)16(22)20-10-14(21)7-15(20)11-4-3-5-13(17)6-11/h3-6,8-9,14-15,21H,2,7,10H2,1H3/t14-,15-/m0/s1. The van der Waals surface area contributed by atoms with E-state index in [1.54, 1.807) is 27.9 Å². The summed E-state index contributed by atoms with van der Waals surface area (Å²) in [5.74, 6) is -0.532. The van der Waals surface area contributed by atoms with Gasteiger partial charge in [-0.15, -0.1) is 0 Å². The summed E-state index contributed by atoms with van der Waals surface area (Å²) >= 11 is 0. The molecule has 1 amide bonds. The highest BCUT2D eigenvalue weighted by Crippen LogP contribution is 2.33. The van der Waals surface area contributed by atoms with Crippen molar-refractivity contribution in [2.24, 2.45) is 0 Å². The number of carbonyl (C=O) groups is 1. The van der Waals surface area contributed by atoms with Crippen molar-refractivity contribution in [3.8, 4) is 0 Å². The van der Waals surface area contributed by atoms with E-state index in [0.717, 1.165) is 0 Å². The lowest BCUT2D eigenvalue weighted by Gasteiger charge is -2.24. The Kier molecular flexibility index (Phi) is 3.94. The zero-order chi connectivity index (χ0) is 15.7. The van der Waals surface area contributed by atoms with E-state index in [-0.39, 0.29) is 24.3 Å². The first kappa shape index (κ1) is 14.7. The Morgan fingerprint density at radius 1 is 1.50 bits per heavy atom. The van der Waals surface area contributed by atoms with Gasteiger partial charge in [-0.25, -0.2) is 4.39 Å². The maximum atomic E-state index is 13.4. The van der Waals surface area contributed by atoms with Gasteiger partial charge in [0.05, 0.1) is 23.9 Å². The number of β-amino-alcohol motifs (C(OH)–C–C–N with tert-alkyl or cyclic N) is 1. The van der Waals surface area contributed by atoms with Crippen molar-refractivity contribution in [2.75, 3.05) is 6.54 Å². The zero-order valence-corrected chi connectivity index (χ0v) is 12.3. The Bertz CT molecular complexity index is 686. The second kappa shape index (κ2) is 5.88. The van der Waals surface area contributed by atoms with Crippen LogP contribution in [0, 0.1) is 5.82 Å². The fourth-order valence-electron chi connectivity index (χ4n) is 2.88. The quantitative estimate of drug-likeness (QED) is 0.943. The summed E-state index contributed by atoms with van der Waals surface area (Å²) in [7, 11) is 0. The number of hydrogen-bond acceptors (Lipinski definition) is 3. The van der Waals surface area contributed by atoms with Gasteiger partial charge in [0.2, 0.25) is 0 Å². The average molecular weight is 303 g/mol. The molecule has 1 aromatic heterocycles. The third-order valence-corrected chi connectivity index (χ3v) is 3.98. The number of halogens is 1. The molecular weight excluding hydrogens is 285 g/mol. The number of amides is 1.